The lowest BCUT2D eigenvalue weighted by molar-refractivity contribution is 0.0696. The van der Waals surface area contributed by atoms with E-state index in [0.29, 0.717) is 5.56 Å². The molecule has 0 fully saturated rings. The molecule has 0 bridgehead atoms. The van der Waals surface area contributed by atoms with Crippen LogP contribution in [0.1, 0.15) is 27.0 Å². The number of hydrogen-bond donors (Lipinski definition) is 1. The molecular weight excluding hydrogens is 304 g/mol. The second-order valence-corrected chi connectivity index (χ2v) is 5.18. The Labute approximate surface area is 120 Å². The van der Waals surface area contributed by atoms with Gasteiger partial charge in [-0.3, -0.25) is 0 Å². The van der Waals surface area contributed by atoms with Gasteiger partial charge in [-0.2, -0.15) is 0 Å². The van der Waals surface area contributed by atoms with Crippen LogP contribution in [-0.4, -0.2) is 11.1 Å². The lowest BCUT2D eigenvalue weighted by Crippen LogP contribution is -1.99. The van der Waals surface area contributed by atoms with Crippen molar-refractivity contribution in [2.24, 2.45) is 0 Å². The van der Waals surface area contributed by atoms with E-state index in [1.807, 2.05) is 48.6 Å². The van der Waals surface area contributed by atoms with Gasteiger partial charge in [-0.25, -0.2) is 4.79 Å². The third-order valence-corrected chi connectivity index (χ3v) is 3.35. The molecule has 0 atom stereocenters. The second kappa shape index (κ2) is 5.85. The monoisotopic (exact) mass is 316 g/mol. The van der Waals surface area contributed by atoms with Crippen molar-refractivity contribution in [2.45, 2.75) is 6.92 Å². The number of halogens is 1. The van der Waals surface area contributed by atoms with Crippen molar-refractivity contribution in [3.8, 4) is 0 Å². The summed E-state index contributed by atoms with van der Waals surface area (Å²) in [5.74, 6) is -0.888. The summed E-state index contributed by atoms with van der Waals surface area (Å²) >= 11 is 3.39. The first kappa shape index (κ1) is 13.6. The van der Waals surface area contributed by atoms with Gasteiger partial charge in [-0.15, -0.1) is 0 Å². The van der Waals surface area contributed by atoms with Gasteiger partial charge in [0.05, 0.1) is 5.56 Å². The first-order chi connectivity index (χ1) is 9.06. The molecule has 96 valence electrons. The van der Waals surface area contributed by atoms with Crippen molar-refractivity contribution in [3.05, 3.63) is 69.2 Å². The van der Waals surface area contributed by atoms with Crippen molar-refractivity contribution < 1.29 is 9.90 Å². The molecule has 0 aliphatic rings. The largest absolute Gasteiger partial charge is 0.478 e. The Morgan fingerprint density at radius 3 is 2.21 bits per heavy atom. The molecule has 0 aliphatic carbocycles. The van der Waals surface area contributed by atoms with Crippen LogP contribution >= 0.6 is 15.9 Å². The van der Waals surface area contributed by atoms with Crippen LogP contribution < -0.4 is 0 Å². The normalized spacial score (nSPS) is 10.8. The van der Waals surface area contributed by atoms with E-state index < -0.39 is 5.97 Å². The summed E-state index contributed by atoms with van der Waals surface area (Å²) in [4.78, 5) is 10.9. The average molecular weight is 317 g/mol. The summed E-state index contributed by atoms with van der Waals surface area (Å²) in [5, 5.41) is 8.97. The highest BCUT2D eigenvalue weighted by Crippen LogP contribution is 2.15. The quantitative estimate of drug-likeness (QED) is 0.838. The van der Waals surface area contributed by atoms with E-state index in [4.69, 9.17) is 5.11 Å². The molecule has 0 amide bonds. The van der Waals surface area contributed by atoms with E-state index in [1.165, 1.54) is 0 Å². The summed E-state index contributed by atoms with van der Waals surface area (Å²) < 4.78 is 1.05. The zero-order valence-corrected chi connectivity index (χ0v) is 12.0. The Bertz CT molecular complexity index is 628. The molecule has 3 heteroatoms. The highest BCUT2D eigenvalue weighted by Gasteiger charge is 2.05. The van der Waals surface area contributed by atoms with Gasteiger partial charge in [0.15, 0.2) is 0 Å². The molecular formula is C16H13BrO2. The molecule has 0 aromatic heterocycles. The van der Waals surface area contributed by atoms with Crippen LogP contribution in [0.2, 0.25) is 0 Å². The minimum atomic E-state index is -0.888. The fourth-order valence-electron chi connectivity index (χ4n) is 1.80. The Morgan fingerprint density at radius 1 is 1.05 bits per heavy atom. The molecule has 0 saturated heterocycles. The van der Waals surface area contributed by atoms with Crippen molar-refractivity contribution in [1.82, 2.24) is 0 Å². The van der Waals surface area contributed by atoms with Crippen molar-refractivity contribution in [1.29, 1.82) is 0 Å². The van der Waals surface area contributed by atoms with Crippen molar-refractivity contribution in [2.75, 3.05) is 0 Å². The summed E-state index contributed by atoms with van der Waals surface area (Å²) in [6, 6.07) is 13.3. The highest BCUT2D eigenvalue weighted by molar-refractivity contribution is 9.10. The maximum Gasteiger partial charge on any atom is 0.335 e. The molecule has 0 heterocycles. The number of rotatable bonds is 3. The maximum absolute atomic E-state index is 10.9. The Kier molecular flexibility index (Phi) is 4.17. The van der Waals surface area contributed by atoms with Crippen LogP contribution in [0.15, 0.2) is 46.9 Å². The molecule has 1 N–H and O–H groups in total. The summed E-state index contributed by atoms with van der Waals surface area (Å²) in [6.07, 6.45) is 3.98. The molecule has 0 spiro atoms. The van der Waals surface area contributed by atoms with Gasteiger partial charge >= 0.3 is 5.97 Å². The van der Waals surface area contributed by atoms with E-state index in [2.05, 4.69) is 15.9 Å². The molecule has 19 heavy (non-hydrogen) atoms. The second-order valence-electron chi connectivity index (χ2n) is 4.26. The summed E-state index contributed by atoms with van der Waals surface area (Å²) in [5.41, 5.74) is 3.21. The van der Waals surface area contributed by atoms with E-state index >= 15 is 0 Å². The Hall–Kier alpha value is -1.87. The smallest absolute Gasteiger partial charge is 0.335 e. The maximum atomic E-state index is 10.9. The number of benzene rings is 2. The molecule has 2 aromatic rings. The van der Waals surface area contributed by atoms with Crippen LogP contribution in [0, 0.1) is 6.92 Å². The summed E-state index contributed by atoms with van der Waals surface area (Å²) in [7, 11) is 0. The predicted octanol–water partition coefficient (Wildman–Crippen LogP) is 4.63. The van der Waals surface area contributed by atoms with Crippen LogP contribution in [0.25, 0.3) is 12.2 Å². The van der Waals surface area contributed by atoms with Crippen LogP contribution in [0.3, 0.4) is 0 Å². The van der Waals surface area contributed by atoms with Gasteiger partial charge in [0.25, 0.3) is 0 Å². The number of hydrogen-bond acceptors (Lipinski definition) is 1. The molecule has 2 aromatic carbocycles. The topological polar surface area (TPSA) is 37.3 Å². The van der Waals surface area contributed by atoms with Crippen molar-refractivity contribution >= 4 is 34.1 Å². The average Bonchev–Trinajstić information content (AvgIpc) is 2.37. The Morgan fingerprint density at radius 2 is 1.63 bits per heavy atom. The highest BCUT2D eigenvalue weighted by atomic mass is 79.9. The number of carboxylic acid groups (broad SMARTS) is 1. The Balaban J connectivity index is 2.22. The fourth-order valence-corrected chi connectivity index (χ4v) is 2.06. The number of carboxylic acids is 1. The van der Waals surface area contributed by atoms with Crippen LogP contribution in [-0.2, 0) is 0 Å². The van der Waals surface area contributed by atoms with Gasteiger partial charge in [0.2, 0.25) is 0 Å². The summed E-state index contributed by atoms with van der Waals surface area (Å²) in [6.45, 7) is 1.81. The molecule has 2 rings (SSSR count). The van der Waals surface area contributed by atoms with Gasteiger partial charge in [0.1, 0.15) is 0 Å². The molecule has 0 unspecified atom stereocenters. The zero-order valence-electron chi connectivity index (χ0n) is 10.4. The standard InChI is InChI=1S/C16H13BrO2/c1-11-10-13(6-9-15(11)16(18)19)3-2-12-4-7-14(17)8-5-12/h2-10H,1H3,(H,18,19)/b3-2-. The minimum Gasteiger partial charge on any atom is -0.478 e. The van der Waals surface area contributed by atoms with E-state index in [9.17, 15) is 4.79 Å². The minimum absolute atomic E-state index is 0.348. The first-order valence-corrected chi connectivity index (χ1v) is 6.63. The zero-order chi connectivity index (χ0) is 13.8. The SMILES string of the molecule is Cc1cc(/C=C\c2ccc(Br)cc2)ccc1C(=O)O. The van der Waals surface area contributed by atoms with Crippen LogP contribution in [0.4, 0.5) is 0 Å². The number of carbonyl (C=O) groups is 1. The van der Waals surface area contributed by atoms with Gasteiger partial charge in [-0.1, -0.05) is 52.3 Å². The molecule has 0 aliphatic heterocycles. The van der Waals surface area contributed by atoms with E-state index in [1.54, 1.807) is 13.0 Å². The molecule has 0 saturated carbocycles. The molecule has 0 radical (unpaired) electrons. The van der Waals surface area contributed by atoms with E-state index in [0.717, 1.165) is 21.2 Å². The first-order valence-electron chi connectivity index (χ1n) is 5.84. The number of aryl methyl sites for hydroxylation is 1. The fraction of sp³-hybridized carbons (Fsp3) is 0.0625. The predicted molar refractivity (Wildman–Crippen MR) is 81.2 cm³/mol. The van der Waals surface area contributed by atoms with Gasteiger partial charge in [0, 0.05) is 4.47 Å². The van der Waals surface area contributed by atoms with Crippen molar-refractivity contribution in [3.63, 3.8) is 0 Å². The molecule has 2 nitrogen and oxygen atoms in total. The third kappa shape index (κ3) is 3.55. The van der Waals surface area contributed by atoms with Crippen LogP contribution in [0.5, 0.6) is 0 Å². The lowest BCUT2D eigenvalue weighted by atomic mass is 10.0. The van der Waals surface area contributed by atoms with Gasteiger partial charge in [-0.05, 0) is 41.8 Å². The third-order valence-electron chi connectivity index (χ3n) is 2.82. The lowest BCUT2D eigenvalue weighted by Gasteiger charge is -2.02. The number of aromatic carboxylic acids is 1. The van der Waals surface area contributed by atoms with E-state index in [-0.39, 0.29) is 0 Å². The van der Waals surface area contributed by atoms with Gasteiger partial charge < -0.3 is 5.11 Å².